The summed E-state index contributed by atoms with van der Waals surface area (Å²) < 4.78 is 40.2. The van der Waals surface area contributed by atoms with Crippen molar-refractivity contribution in [3.05, 3.63) is 50.9 Å². The zero-order valence-corrected chi connectivity index (χ0v) is 15.0. The predicted molar refractivity (Wildman–Crippen MR) is 90.6 cm³/mol. The van der Waals surface area contributed by atoms with E-state index < -0.39 is 12.6 Å². The van der Waals surface area contributed by atoms with Crippen molar-refractivity contribution >= 4 is 22.3 Å². The molecule has 2 aromatic heterocycles. The number of rotatable bonds is 6. The van der Waals surface area contributed by atoms with Crippen LogP contribution in [0.2, 0.25) is 0 Å². The van der Waals surface area contributed by atoms with E-state index in [1.54, 1.807) is 6.92 Å². The molecule has 0 spiro atoms. The van der Waals surface area contributed by atoms with Gasteiger partial charge in [0.25, 0.3) is 5.56 Å². The maximum atomic E-state index is 12.3. The first kappa shape index (κ1) is 18.7. The van der Waals surface area contributed by atoms with Crippen molar-refractivity contribution in [3.63, 3.8) is 0 Å². The van der Waals surface area contributed by atoms with Gasteiger partial charge < -0.3 is 14.2 Å². The van der Waals surface area contributed by atoms with Crippen molar-refractivity contribution in [2.75, 3.05) is 7.11 Å². The molecule has 11 heteroatoms. The fourth-order valence-corrected chi connectivity index (χ4v) is 3.07. The number of fused-ring (bicyclic) bond motifs is 1. The molecule has 0 radical (unpaired) electrons. The van der Waals surface area contributed by atoms with E-state index in [0.717, 1.165) is 15.9 Å². The Morgan fingerprint density at radius 3 is 2.78 bits per heavy atom. The van der Waals surface area contributed by atoms with Gasteiger partial charge in [0.1, 0.15) is 6.61 Å². The molecule has 3 rings (SSSR count). The summed E-state index contributed by atoms with van der Waals surface area (Å²) in [6, 6.07) is 5.04. The number of hydrogen-bond donors (Lipinski definition) is 0. The highest BCUT2D eigenvalue weighted by molar-refractivity contribution is 7.16. The van der Waals surface area contributed by atoms with E-state index in [4.69, 9.17) is 9.47 Å². The topological polar surface area (TPSA) is 92.0 Å². The number of halogens is 2. The molecular formula is C16H13F2N3O5S. The zero-order chi connectivity index (χ0) is 19.6. The van der Waals surface area contributed by atoms with Crippen LogP contribution in [0.15, 0.2) is 29.1 Å². The molecule has 0 aliphatic carbocycles. The minimum Gasteiger partial charge on any atom is -0.493 e. The third-order valence-corrected chi connectivity index (χ3v) is 4.24. The molecule has 0 unspecified atom stereocenters. The standard InChI is InChI=1S/C16H13F2N3O5S/c1-8-5-13(22)21-16(19-8)27-12(20-21)7-25-14(23)9-3-4-10(26-15(17)18)11(6-9)24-2/h3-6,15H,7H2,1-2H3. The lowest BCUT2D eigenvalue weighted by molar-refractivity contribution is -0.0512. The summed E-state index contributed by atoms with van der Waals surface area (Å²) in [5.74, 6) is -0.945. The molecule has 1 aromatic carbocycles. The van der Waals surface area contributed by atoms with Crippen LogP contribution in [0.3, 0.4) is 0 Å². The van der Waals surface area contributed by atoms with Gasteiger partial charge in [-0.05, 0) is 25.1 Å². The van der Waals surface area contributed by atoms with E-state index in [2.05, 4.69) is 14.8 Å². The molecule has 0 atom stereocenters. The Hall–Kier alpha value is -3.08. The van der Waals surface area contributed by atoms with Crippen LogP contribution >= 0.6 is 11.3 Å². The van der Waals surface area contributed by atoms with E-state index in [9.17, 15) is 18.4 Å². The van der Waals surface area contributed by atoms with Crippen molar-refractivity contribution in [1.29, 1.82) is 0 Å². The number of benzene rings is 1. The van der Waals surface area contributed by atoms with Crippen LogP contribution in [0.5, 0.6) is 11.5 Å². The molecule has 0 fully saturated rings. The number of methoxy groups -OCH3 is 1. The average molecular weight is 397 g/mol. The van der Waals surface area contributed by atoms with Gasteiger partial charge in [0, 0.05) is 11.8 Å². The number of carbonyl (C=O) groups excluding carboxylic acids is 1. The van der Waals surface area contributed by atoms with E-state index in [0.29, 0.717) is 15.7 Å². The molecule has 2 heterocycles. The Bertz CT molecular complexity index is 1050. The quantitative estimate of drug-likeness (QED) is 0.590. The highest BCUT2D eigenvalue weighted by Crippen LogP contribution is 2.29. The zero-order valence-electron chi connectivity index (χ0n) is 14.1. The molecule has 0 bridgehead atoms. The predicted octanol–water partition coefficient (Wildman–Crippen LogP) is 2.43. The Morgan fingerprint density at radius 2 is 2.07 bits per heavy atom. The Kier molecular flexibility index (Phi) is 5.31. The van der Waals surface area contributed by atoms with Crippen LogP contribution in [-0.4, -0.2) is 34.3 Å². The van der Waals surface area contributed by atoms with Crippen molar-refractivity contribution < 1.29 is 27.8 Å². The molecular weight excluding hydrogens is 384 g/mol. The minimum absolute atomic E-state index is 0.0315. The molecule has 0 aliphatic heterocycles. The monoisotopic (exact) mass is 397 g/mol. The first-order valence-corrected chi connectivity index (χ1v) is 8.35. The second-order valence-corrected chi connectivity index (χ2v) is 6.29. The fraction of sp³-hybridized carbons (Fsp3) is 0.250. The third-order valence-electron chi connectivity index (χ3n) is 3.36. The van der Waals surface area contributed by atoms with Crippen molar-refractivity contribution in [3.8, 4) is 11.5 Å². The average Bonchev–Trinajstić information content (AvgIpc) is 3.02. The van der Waals surface area contributed by atoms with Crippen LogP contribution in [0.25, 0.3) is 4.96 Å². The molecule has 0 aliphatic rings. The molecule has 0 amide bonds. The number of aryl methyl sites for hydroxylation is 1. The van der Waals surface area contributed by atoms with Crippen molar-refractivity contribution in [1.82, 2.24) is 14.6 Å². The molecule has 8 nitrogen and oxygen atoms in total. The number of carbonyl (C=O) groups is 1. The SMILES string of the molecule is COc1cc(C(=O)OCc2nn3c(=O)cc(C)nc3s2)ccc1OC(F)F. The number of nitrogens with zero attached hydrogens (tertiary/aromatic N) is 3. The van der Waals surface area contributed by atoms with Gasteiger partial charge in [0.2, 0.25) is 4.96 Å². The van der Waals surface area contributed by atoms with Gasteiger partial charge >= 0.3 is 12.6 Å². The third kappa shape index (κ3) is 4.19. The van der Waals surface area contributed by atoms with Crippen molar-refractivity contribution in [2.24, 2.45) is 0 Å². The van der Waals surface area contributed by atoms with E-state index in [1.165, 1.54) is 31.4 Å². The minimum atomic E-state index is -3.02. The van der Waals surface area contributed by atoms with Gasteiger partial charge in [0.05, 0.1) is 12.7 Å². The second kappa shape index (κ2) is 7.66. The van der Waals surface area contributed by atoms with Crippen LogP contribution in [0.4, 0.5) is 8.78 Å². The van der Waals surface area contributed by atoms with Gasteiger partial charge in [-0.2, -0.15) is 18.4 Å². The normalized spacial score (nSPS) is 11.0. The van der Waals surface area contributed by atoms with Crippen LogP contribution in [0.1, 0.15) is 21.1 Å². The van der Waals surface area contributed by atoms with E-state index in [1.807, 2.05) is 0 Å². The molecule has 142 valence electrons. The summed E-state index contributed by atoms with van der Waals surface area (Å²) in [5.41, 5.74) is 0.316. The highest BCUT2D eigenvalue weighted by atomic mass is 32.1. The van der Waals surface area contributed by atoms with Crippen LogP contribution in [0, 0.1) is 6.92 Å². The summed E-state index contributed by atoms with van der Waals surface area (Å²) in [7, 11) is 1.26. The first-order valence-electron chi connectivity index (χ1n) is 7.53. The smallest absolute Gasteiger partial charge is 0.387 e. The van der Waals surface area contributed by atoms with E-state index >= 15 is 0 Å². The summed E-state index contributed by atoms with van der Waals surface area (Å²) in [6.45, 7) is -1.50. The number of alkyl halides is 2. The summed E-state index contributed by atoms with van der Waals surface area (Å²) in [6.07, 6.45) is 0. The molecule has 3 aromatic rings. The van der Waals surface area contributed by atoms with Gasteiger partial charge in [-0.1, -0.05) is 11.3 Å². The second-order valence-electron chi connectivity index (χ2n) is 5.25. The van der Waals surface area contributed by atoms with Crippen LogP contribution in [-0.2, 0) is 11.3 Å². The molecule has 0 saturated carbocycles. The lowest BCUT2D eigenvalue weighted by Crippen LogP contribution is -2.14. The number of ether oxygens (including phenoxy) is 3. The molecule has 0 N–H and O–H groups in total. The highest BCUT2D eigenvalue weighted by Gasteiger charge is 2.16. The van der Waals surface area contributed by atoms with E-state index in [-0.39, 0.29) is 29.2 Å². The number of hydrogen-bond acceptors (Lipinski definition) is 8. The lowest BCUT2D eigenvalue weighted by atomic mass is 10.2. The maximum Gasteiger partial charge on any atom is 0.387 e. The Morgan fingerprint density at radius 1 is 1.30 bits per heavy atom. The molecule has 27 heavy (non-hydrogen) atoms. The van der Waals surface area contributed by atoms with Crippen molar-refractivity contribution in [2.45, 2.75) is 20.1 Å². The van der Waals surface area contributed by atoms with Crippen LogP contribution < -0.4 is 15.0 Å². The van der Waals surface area contributed by atoms with Gasteiger partial charge in [-0.25, -0.2) is 9.78 Å². The lowest BCUT2D eigenvalue weighted by Gasteiger charge is -2.11. The first-order chi connectivity index (χ1) is 12.9. The molecule has 0 saturated heterocycles. The summed E-state index contributed by atoms with van der Waals surface area (Å²) in [5, 5.41) is 4.43. The van der Waals surface area contributed by atoms with Gasteiger partial charge in [-0.15, -0.1) is 0 Å². The largest absolute Gasteiger partial charge is 0.493 e. The number of esters is 1. The van der Waals surface area contributed by atoms with Gasteiger partial charge in [0.15, 0.2) is 16.5 Å². The Balaban J connectivity index is 1.74. The number of aromatic nitrogens is 3. The Labute approximate surface area is 154 Å². The summed E-state index contributed by atoms with van der Waals surface area (Å²) in [4.78, 5) is 28.6. The summed E-state index contributed by atoms with van der Waals surface area (Å²) >= 11 is 1.12. The fourth-order valence-electron chi connectivity index (χ4n) is 2.22. The maximum absolute atomic E-state index is 12.3. The van der Waals surface area contributed by atoms with Gasteiger partial charge in [-0.3, -0.25) is 4.79 Å².